The van der Waals surface area contributed by atoms with Gasteiger partial charge in [0.25, 0.3) is 5.54 Å². The van der Waals surface area contributed by atoms with Gasteiger partial charge in [-0.2, -0.15) is 0 Å². The highest BCUT2D eigenvalue weighted by Crippen LogP contribution is 2.22. The van der Waals surface area contributed by atoms with Gasteiger partial charge in [0.2, 0.25) is 0 Å². The van der Waals surface area contributed by atoms with Gasteiger partial charge in [-0.1, -0.05) is 12.2 Å². The molecule has 0 fully saturated rings. The zero-order valence-electron chi connectivity index (χ0n) is 7.15. The van der Waals surface area contributed by atoms with Gasteiger partial charge in [-0.15, -0.1) is 0 Å². The van der Waals surface area contributed by atoms with Crippen molar-refractivity contribution in [3.8, 4) is 0 Å². The lowest BCUT2D eigenvalue weighted by molar-refractivity contribution is -0.552. The Bertz CT molecular complexity index is 270. The van der Waals surface area contributed by atoms with Crippen molar-refractivity contribution < 1.29 is 4.92 Å². The number of hydrogen-bond donors (Lipinski definition) is 1. The fraction of sp³-hybridized carbons (Fsp3) is 0.500. The van der Waals surface area contributed by atoms with Crippen LogP contribution in [-0.2, 0) is 0 Å². The van der Waals surface area contributed by atoms with Crippen LogP contribution in [0.2, 0.25) is 0 Å². The van der Waals surface area contributed by atoms with Gasteiger partial charge in [-0.3, -0.25) is 10.1 Å². The van der Waals surface area contributed by atoms with E-state index in [9.17, 15) is 10.1 Å². The molecule has 0 aromatic rings. The van der Waals surface area contributed by atoms with Crippen LogP contribution in [0.25, 0.3) is 0 Å². The number of nitro groups is 1. The van der Waals surface area contributed by atoms with Crippen LogP contribution in [-0.4, -0.2) is 16.5 Å². The highest BCUT2D eigenvalue weighted by molar-refractivity contribution is 5.30. The van der Waals surface area contributed by atoms with Gasteiger partial charge in [0.15, 0.2) is 0 Å². The molecule has 2 N–H and O–H groups in total. The van der Waals surface area contributed by atoms with E-state index < -0.39 is 11.6 Å². The van der Waals surface area contributed by atoms with Crippen molar-refractivity contribution in [3.05, 3.63) is 33.9 Å². The standard InChI is InChI=1S/C8H12N2O2/c1-6-3-4-7(9)8(2,5-6)10(11)12/h3-5,7H,9H2,1-2H3. The first-order chi connectivity index (χ1) is 5.47. The topological polar surface area (TPSA) is 69.2 Å². The van der Waals surface area contributed by atoms with E-state index in [1.165, 1.54) is 6.92 Å². The maximum absolute atomic E-state index is 10.7. The van der Waals surface area contributed by atoms with Crippen molar-refractivity contribution in [2.75, 3.05) is 0 Å². The maximum atomic E-state index is 10.7. The first kappa shape index (κ1) is 8.93. The molecule has 1 aliphatic carbocycles. The third-order valence-electron chi connectivity index (χ3n) is 2.15. The molecule has 0 radical (unpaired) electrons. The summed E-state index contributed by atoms with van der Waals surface area (Å²) in [6, 6.07) is -0.531. The van der Waals surface area contributed by atoms with E-state index in [1.54, 1.807) is 18.2 Å². The molecule has 0 amide bonds. The summed E-state index contributed by atoms with van der Waals surface area (Å²) in [7, 11) is 0. The van der Waals surface area contributed by atoms with Gasteiger partial charge in [0, 0.05) is 11.8 Å². The van der Waals surface area contributed by atoms with Crippen molar-refractivity contribution in [1.29, 1.82) is 0 Å². The predicted octanol–water partition coefficient (Wildman–Crippen LogP) is 0.865. The largest absolute Gasteiger partial charge is 0.318 e. The summed E-state index contributed by atoms with van der Waals surface area (Å²) in [4.78, 5) is 10.3. The number of nitrogens with zero attached hydrogens (tertiary/aromatic N) is 1. The van der Waals surface area contributed by atoms with Gasteiger partial charge >= 0.3 is 0 Å². The Morgan fingerprint density at radius 3 is 2.75 bits per heavy atom. The average Bonchev–Trinajstić information content (AvgIpc) is 1.97. The summed E-state index contributed by atoms with van der Waals surface area (Å²) in [6.45, 7) is 3.36. The molecule has 0 saturated heterocycles. The summed E-state index contributed by atoms with van der Waals surface area (Å²) in [5.41, 5.74) is 5.35. The van der Waals surface area contributed by atoms with Crippen LogP contribution < -0.4 is 5.73 Å². The number of allylic oxidation sites excluding steroid dienone is 2. The van der Waals surface area contributed by atoms with Gasteiger partial charge in [-0.05, 0) is 18.6 Å². The van der Waals surface area contributed by atoms with E-state index in [4.69, 9.17) is 5.73 Å². The van der Waals surface area contributed by atoms with Crippen molar-refractivity contribution in [2.45, 2.75) is 25.4 Å². The Morgan fingerprint density at radius 2 is 2.33 bits per heavy atom. The number of nitrogens with two attached hydrogens (primary N) is 1. The summed E-state index contributed by atoms with van der Waals surface area (Å²) < 4.78 is 0. The molecule has 0 aliphatic heterocycles. The zero-order chi connectivity index (χ0) is 9.35. The van der Waals surface area contributed by atoms with Crippen molar-refractivity contribution in [2.24, 2.45) is 5.73 Å². The molecule has 0 aromatic heterocycles. The van der Waals surface area contributed by atoms with Crippen molar-refractivity contribution in [3.63, 3.8) is 0 Å². The molecule has 66 valence electrons. The lowest BCUT2D eigenvalue weighted by atomic mass is 9.87. The zero-order valence-corrected chi connectivity index (χ0v) is 7.15. The van der Waals surface area contributed by atoms with Gasteiger partial charge in [-0.25, -0.2) is 0 Å². The third-order valence-corrected chi connectivity index (χ3v) is 2.15. The molecule has 1 aliphatic rings. The Kier molecular flexibility index (Phi) is 2.02. The molecule has 0 saturated carbocycles. The van der Waals surface area contributed by atoms with Crippen LogP contribution in [0.4, 0.5) is 0 Å². The summed E-state index contributed by atoms with van der Waals surface area (Å²) in [5, 5.41) is 10.7. The van der Waals surface area contributed by atoms with Gasteiger partial charge in [0.05, 0.1) is 6.04 Å². The molecule has 0 aromatic carbocycles. The smallest absolute Gasteiger partial charge is 0.256 e. The van der Waals surface area contributed by atoms with E-state index in [0.29, 0.717) is 0 Å². The van der Waals surface area contributed by atoms with Crippen LogP contribution in [0, 0.1) is 10.1 Å². The minimum Gasteiger partial charge on any atom is -0.318 e. The molecule has 0 spiro atoms. The van der Waals surface area contributed by atoms with E-state index >= 15 is 0 Å². The normalized spacial score (nSPS) is 34.6. The number of hydrogen-bond acceptors (Lipinski definition) is 3. The van der Waals surface area contributed by atoms with Crippen LogP contribution >= 0.6 is 0 Å². The first-order valence-corrected chi connectivity index (χ1v) is 3.74. The van der Waals surface area contributed by atoms with Gasteiger partial charge in [0.1, 0.15) is 0 Å². The highest BCUT2D eigenvalue weighted by atomic mass is 16.6. The second kappa shape index (κ2) is 2.71. The lowest BCUT2D eigenvalue weighted by Crippen LogP contribution is -2.50. The van der Waals surface area contributed by atoms with E-state index in [0.717, 1.165) is 5.57 Å². The highest BCUT2D eigenvalue weighted by Gasteiger charge is 2.41. The molecule has 0 bridgehead atoms. The minimum atomic E-state index is -1.14. The van der Waals surface area contributed by atoms with Crippen molar-refractivity contribution in [1.82, 2.24) is 0 Å². The van der Waals surface area contributed by atoms with Gasteiger partial charge < -0.3 is 5.73 Å². The number of rotatable bonds is 1. The fourth-order valence-corrected chi connectivity index (χ4v) is 1.23. The van der Waals surface area contributed by atoms with Crippen LogP contribution in [0.3, 0.4) is 0 Å². The molecule has 0 heterocycles. The molecule has 2 unspecified atom stereocenters. The predicted molar refractivity (Wildman–Crippen MR) is 46.3 cm³/mol. The first-order valence-electron chi connectivity index (χ1n) is 3.74. The molecule has 12 heavy (non-hydrogen) atoms. The fourth-order valence-electron chi connectivity index (χ4n) is 1.23. The van der Waals surface area contributed by atoms with Crippen LogP contribution in [0.5, 0.6) is 0 Å². The van der Waals surface area contributed by atoms with Crippen LogP contribution in [0.1, 0.15) is 13.8 Å². The summed E-state index contributed by atoms with van der Waals surface area (Å²) in [6.07, 6.45) is 5.06. The van der Waals surface area contributed by atoms with Crippen molar-refractivity contribution >= 4 is 0 Å². The maximum Gasteiger partial charge on any atom is 0.256 e. The molecule has 2 atom stereocenters. The molecule has 4 heteroatoms. The Hall–Kier alpha value is -1.16. The molecule has 4 nitrogen and oxygen atoms in total. The minimum absolute atomic E-state index is 0.343. The molecular weight excluding hydrogens is 156 g/mol. The van der Waals surface area contributed by atoms with E-state index in [-0.39, 0.29) is 4.92 Å². The third kappa shape index (κ3) is 1.25. The van der Waals surface area contributed by atoms with E-state index in [2.05, 4.69) is 0 Å². The quantitative estimate of drug-likeness (QED) is 0.466. The molecule has 1 rings (SSSR count). The second-order valence-electron chi connectivity index (χ2n) is 3.26. The lowest BCUT2D eigenvalue weighted by Gasteiger charge is -2.25. The average molecular weight is 168 g/mol. The Labute approximate surface area is 70.9 Å². The van der Waals surface area contributed by atoms with E-state index in [1.807, 2.05) is 6.92 Å². The Balaban J connectivity index is 3.05. The summed E-state index contributed by atoms with van der Waals surface area (Å²) >= 11 is 0. The summed E-state index contributed by atoms with van der Waals surface area (Å²) in [5.74, 6) is 0. The Morgan fingerprint density at radius 1 is 1.75 bits per heavy atom. The second-order valence-corrected chi connectivity index (χ2v) is 3.26. The SMILES string of the molecule is CC1=CC(C)([N+](=O)[O-])C(N)C=C1. The van der Waals surface area contributed by atoms with Crippen LogP contribution in [0.15, 0.2) is 23.8 Å². The molecular formula is C8H12N2O2. The monoisotopic (exact) mass is 168 g/mol.